The summed E-state index contributed by atoms with van der Waals surface area (Å²) in [4.78, 5) is 23.7. The van der Waals surface area contributed by atoms with Crippen LogP contribution in [-0.2, 0) is 9.59 Å². The second kappa shape index (κ2) is 5.90. The Labute approximate surface area is 119 Å². The standard InChI is InChI=1S/C16H20N2O2/c1-4-7-17-15(19)13-9-14(13)16(20)18-12-6-5-10(2)11(3)8-12/h4-6,8,13-14H,1,7,9H2,2-3H3,(H,17,19)(H,18,20). The zero-order valence-corrected chi connectivity index (χ0v) is 11.9. The molecule has 2 N–H and O–H groups in total. The van der Waals surface area contributed by atoms with Crippen LogP contribution in [0.2, 0.25) is 0 Å². The molecule has 0 saturated heterocycles. The Morgan fingerprint density at radius 2 is 1.95 bits per heavy atom. The third-order valence-corrected chi connectivity index (χ3v) is 3.66. The molecule has 1 fully saturated rings. The van der Waals surface area contributed by atoms with Gasteiger partial charge in [-0.15, -0.1) is 6.58 Å². The van der Waals surface area contributed by atoms with Crippen molar-refractivity contribution in [2.45, 2.75) is 20.3 Å². The summed E-state index contributed by atoms with van der Waals surface area (Å²) in [5.41, 5.74) is 3.12. The van der Waals surface area contributed by atoms with E-state index in [0.717, 1.165) is 11.3 Å². The van der Waals surface area contributed by atoms with Gasteiger partial charge in [0.1, 0.15) is 0 Å². The van der Waals surface area contributed by atoms with Gasteiger partial charge in [-0.05, 0) is 43.5 Å². The fraction of sp³-hybridized carbons (Fsp3) is 0.375. The minimum atomic E-state index is -0.207. The van der Waals surface area contributed by atoms with Crippen LogP contribution >= 0.6 is 0 Å². The molecule has 1 aromatic rings. The average molecular weight is 272 g/mol. The van der Waals surface area contributed by atoms with Crippen LogP contribution in [0.5, 0.6) is 0 Å². The van der Waals surface area contributed by atoms with Crippen molar-refractivity contribution in [1.82, 2.24) is 5.32 Å². The fourth-order valence-corrected chi connectivity index (χ4v) is 2.13. The molecule has 106 valence electrons. The molecule has 1 saturated carbocycles. The lowest BCUT2D eigenvalue weighted by Crippen LogP contribution is -2.27. The minimum absolute atomic E-state index is 0.0647. The van der Waals surface area contributed by atoms with Crippen molar-refractivity contribution in [2.75, 3.05) is 11.9 Å². The number of nitrogens with one attached hydrogen (secondary N) is 2. The highest BCUT2D eigenvalue weighted by atomic mass is 16.2. The van der Waals surface area contributed by atoms with Crippen molar-refractivity contribution >= 4 is 17.5 Å². The summed E-state index contributed by atoms with van der Waals surface area (Å²) in [5, 5.41) is 5.60. The second-order valence-corrected chi connectivity index (χ2v) is 5.27. The lowest BCUT2D eigenvalue weighted by atomic mass is 10.1. The smallest absolute Gasteiger partial charge is 0.228 e. The molecule has 0 aromatic heterocycles. The molecule has 0 radical (unpaired) electrons. The molecule has 20 heavy (non-hydrogen) atoms. The van der Waals surface area contributed by atoms with Gasteiger partial charge in [0.2, 0.25) is 11.8 Å². The average Bonchev–Trinajstić information content (AvgIpc) is 3.20. The molecule has 0 bridgehead atoms. The van der Waals surface area contributed by atoms with Gasteiger partial charge in [-0.1, -0.05) is 12.1 Å². The Balaban J connectivity index is 1.89. The highest BCUT2D eigenvalue weighted by molar-refractivity contribution is 5.99. The van der Waals surface area contributed by atoms with E-state index in [2.05, 4.69) is 17.2 Å². The zero-order chi connectivity index (χ0) is 14.7. The first-order valence-electron chi connectivity index (χ1n) is 6.79. The molecule has 4 nitrogen and oxygen atoms in total. The van der Waals surface area contributed by atoms with Crippen LogP contribution < -0.4 is 10.6 Å². The summed E-state index contributed by atoms with van der Waals surface area (Å²) < 4.78 is 0. The van der Waals surface area contributed by atoms with Crippen LogP contribution in [0.15, 0.2) is 30.9 Å². The normalized spacial score (nSPS) is 20.1. The van der Waals surface area contributed by atoms with Gasteiger partial charge in [0.05, 0.1) is 11.8 Å². The Morgan fingerprint density at radius 3 is 2.60 bits per heavy atom. The molecule has 1 aromatic carbocycles. The minimum Gasteiger partial charge on any atom is -0.352 e. The van der Waals surface area contributed by atoms with Crippen molar-refractivity contribution in [3.8, 4) is 0 Å². The molecule has 2 rings (SSSR count). The topological polar surface area (TPSA) is 58.2 Å². The number of carbonyl (C=O) groups is 2. The zero-order valence-electron chi connectivity index (χ0n) is 11.9. The summed E-state index contributed by atoms with van der Waals surface area (Å²) in [6.45, 7) is 8.03. The van der Waals surface area contributed by atoms with E-state index in [9.17, 15) is 9.59 Å². The summed E-state index contributed by atoms with van der Waals surface area (Å²) in [5.74, 6) is -0.542. The molecule has 1 aliphatic rings. The maximum Gasteiger partial charge on any atom is 0.228 e. The van der Waals surface area contributed by atoms with Crippen LogP contribution in [0.3, 0.4) is 0 Å². The first-order valence-corrected chi connectivity index (χ1v) is 6.79. The predicted octanol–water partition coefficient (Wildman–Crippen LogP) is 2.18. The van der Waals surface area contributed by atoms with Crippen LogP contribution in [-0.4, -0.2) is 18.4 Å². The van der Waals surface area contributed by atoms with E-state index in [1.54, 1.807) is 6.08 Å². The molecular formula is C16H20N2O2. The van der Waals surface area contributed by atoms with E-state index in [-0.39, 0.29) is 23.7 Å². The Morgan fingerprint density at radius 1 is 1.25 bits per heavy atom. The van der Waals surface area contributed by atoms with Gasteiger partial charge < -0.3 is 10.6 Å². The number of hydrogen-bond donors (Lipinski definition) is 2. The molecule has 2 unspecified atom stereocenters. The van der Waals surface area contributed by atoms with E-state index in [1.165, 1.54) is 5.56 Å². The molecule has 0 aliphatic heterocycles. The van der Waals surface area contributed by atoms with Gasteiger partial charge in [0.25, 0.3) is 0 Å². The van der Waals surface area contributed by atoms with Crippen molar-refractivity contribution in [3.63, 3.8) is 0 Å². The summed E-state index contributed by atoms with van der Waals surface area (Å²) in [7, 11) is 0. The first kappa shape index (κ1) is 14.3. The lowest BCUT2D eigenvalue weighted by molar-refractivity contribution is -0.125. The Hall–Kier alpha value is -2.10. The van der Waals surface area contributed by atoms with Gasteiger partial charge in [0.15, 0.2) is 0 Å². The van der Waals surface area contributed by atoms with Gasteiger partial charge in [-0.3, -0.25) is 9.59 Å². The lowest BCUT2D eigenvalue weighted by Gasteiger charge is -2.07. The fourth-order valence-electron chi connectivity index (χ4n) is 2.13. The summed E-state index contributed by atoms with van der Waals surface area (Å²) in [6.07, 6.45) is 2.25. The second-order valence-electron chi connectivity index (χ2n) is 5.27. The van der Waals surface area contributed by atoms with Crippen molar-refractivity contribution in [2.24, 2.45) is 11.8 Å². The van der Waals surface area contributed by atoms with E-state index < -0.39 is 0 Å². The van der Waals surface area contributed by atoms with E-state index >= 15 is 0 Å². The number of benzene rings is 1. The van der Waals surface area contributed by atoms with E-state index in [0.29, 0.717) is 13.0 Å². The number of hydrogen-bond acceptors (Lipinski definition) is 2. The van der Waals surface area contributed by atoms with E-state index in [1.807, 2.05) is 32.0 Å². The molecule has 1 aliphatic carbocycles. The third-order valence-electron chi connectivity index (χ3n) is 3.66. The van der Waals surface area contributed by atoms with Crippen molar-refractivity contribution in [3.05, 3.63) is 42.0 Å². The van der Waals surface area contributed by atoms with E-state index in [4.69, 9.17) is 0 Å². The van der Waals surface area contributed by atoms with Gasteiger partial charge in [-0.25, -0.2) is 0 Å². The van der Waals surface area contributed by atoms with Crippen molar-refractivity contribution < 1.29 is 9.59 Å². The Kier molecular flexibility index (Phi) is 4.23. The van der Waals surface area contributed by atoms with Crippen LogP contribution in [0.25, 0.3) is 0 Å². The number of aryl methyl sites for hydroxylation is 2. The predicted molar refractivity (Wildman–Crippen MR) is 79.3 cm³/mol. The molecule has 4 heteroatoms. The number of anilines is 1. The molecule has 0 heterocycles. The van der Waals surface area contributed by atoms with Crippen LogP contribution in [0, 0.1) is 25.7 Å². The number of amides is 2. The van der Waals surface area contributed by atoms with Crippen LogP contribution in [0.4, 0.5) is 5.69 Å². The molecule has 2 amide bonds. The molecule has 0 spiro atoms. The molecular weight excluding hydrogens is 252 g/mol. The van der Waals surface area contributed by atoms with Gasteiger partial charge >= 0.3 is 0 Å². The summed E-state index contributed by atoms with van der Waals surface area (Å²) in [6, 6.07) is 5.81. The maximum atomic E-state index is 12.0. The van der Waals surface area contributed by atoms with Gasteiger partial charge in [0, 0.05) is 12.2 Å². The summed E-state index contributed by atoms with van der Waals surface area (Å²) >= 11 is 0. The maximum absolute atomic E-state index is 12.0. The Bertz CT molecular complexity index is 551. The third kappa shape index (κ3) is 3.26. The first-order chi connectivity index (χ1) is 9.52. The SMILES string of the molecule is C=CCNC(=O)C1CC1C(=O)Nc1ccc(C)c(C)c1. The number of rotatable bonds is 5. The van der Waals surface area contributed by atoms with Gasteiger partial charge in [-0.2, -0.15) is 0 Å². The van der Waals surface area contributed by atoms with Crippen LogP contribution in [0.1, 0.15) is 17.5 Å². The largest absolute Gasteiger partial charge is 0.352 e. The van der Waals surface area contributed by atoms with Crippen molar-refractivity contribution in [1.29, 1.82) is 0 Å². The monoisotopic (exact) mass is 272 g/mol. The highest BCUT2D eigenvalue weighted by Gasteiger charge is 2.47. The number of carbonyl (C=O) groups excluding carboxylic acids is 2. The highest BCUT2D eigenvalue weighted by Crippen LogP contribution is 2.39. The molecule has 2 atom stereocenters. The quantitative estimate of drug-likeness (QED) is 0.807.